The molecular formula is C12H17NO3. The molecule has 2 unspecified atom stereocenters. The molecule has 1 aromatic carbocycles. The van der Waals surface area contributed by atoms with Gasteiger partial charge in [0, 0.05) is 23.6 Å². The number of fused-ring (bicyclic) bond motifs is 1. The summed E-state index contributed by atoms with van der Waals surface area (Å²) in [5.74, 6) is 1.61. The number of rotatable bonds is 2. The normalized spacial score (nSPS) is 23.8. The lowest BCUT2D eigenvalue weighted by atomic mass is 9.85. The Labute approximate surface area is 95.0 Å². The van der Waals surface area contributed by atoms with E-state index in [4.69, 9.17) is 15.2 Å². The molecule has 0 aromatic heterocycles. The Morgan fingerprint density at radius 3 is 2.12 bits per heavy atom. The minimum atomic E-state index is -0.506. The summed E-state index contributed by atoms with van der Waals surface area (Å²) in [7, 11) is 3.27. The van der Waals surface area contributed by atoms with Gasteiger partial charge in [0.1, 0.15) is 11.5 Å². The molecule has 3 N–H and O–H groups in total. The molecule has 0 amide bonds. The highest BCUT2D eigenvalue weighted by Crippen LogP contribution is 2.35. The van der Waals surface area contributed by atoms with Crippen molar-refractivity contribution in [1.82, 2.24) is 0 Å². The molecule has 16 heavy (non-hydrogen) atoms. The number of nitrogens with two attached hydrogens (primary N) is 1. The van der Waals surface area contributed by atoms with Gasteiger partial charge in [-0.25, -0.2) is 0 Å². The lowest BCUT2D eigenvalue weighted by molar-refractivity contribution is 0.135. The van der Waals surface area contributed by atoms with Crippen molar-refractivity contribution < 1.29 is 14.6 Å². The van der Waals surface area contributed by atoms with Gasteiger partial charge in [-0.15, -0.1) is 0 Å². The first kappa shape index (κ1) is 11.2. The van der Waals surface area contributed by atoms with E-state index in [9.17, 15) is 5.11 Å². The number of aliphatic hydroxyl groups is 1. The first-order chi connectivity index (χ1) is 7.67. The van der Waals surface area contributed by atoms with Gasteiger partial charge in [-0.05, 0) is 18.6 Å². The average Bonchev–Trinajstić information content (AvgIpc) is 2.29. The van der Waals surface area contributed by atoms with Gasteiger partial charge in [-0.3, -0.25) is 0 Å². The molecule has 1 aromatic rings. The number of ether oxygens (including phenoxy) is 2. The summed E-state index contributed by atoms with van der Waals surface area (Å²) >= 11 is 0. The predicted octanol–water partition coefficient (Wildman–Crippen LogP) is 0.491. The number of hydrogen-bond donors (Lipinski definition) is 2. The third-order valence-corrected chi connectivity index (χ3v) is 3.13. The van der Waals surface area contributed by atoms with Crippen LogP contribution in [0.2, 0.25) is 0 Å². The first-order valence-electron chi connectivity index (χ1n) is 5.33. The van der Waals surface area contributed by atoms with Crippen LogP contribution in [0.3, 0.4) is 0 Å². The zero-order valence-electron chi connectivity index (χ0n) is 9.56. The van der Waals surface area contributed by atoms with Crippen LogP contribution in [0.1, 0.15) is 11.1 Å². The second-order valence-corrected chi connectivity index (χ2v) is 4.07. The van der Waals surface area contributed by atoms with Gasteiger partial charge in [0.25, 0.3) is 0 Å². The maximum Gasteiger partial charge on any atom is 0.122 e. The van der Waals surface area contributed by atoms with Crippen molar-refractivity contribution >= 4 is 0 Å². The molecule has 1 aliphatic carbocycles. The van der Waals surface area contributed by atoms with Gasteiger partial charge in [-0.2, -0.15) is 0 Å². The summed E-state index contributed by atoms with van der Waals surface area (Å²) in [6.07, 6.45) is 0.641. The Morgan fingerprint density at radius 2 is 1.62 bits per heavy atom. The van der Waals surface area contributed by atoms with E-state index in [2.05, 4.69) is 0 Å². The molecule has 88 valence electrons. The van der Waals surface area contributed by atoms with E-state index in [0.29, 0.717) is 12.8 Å². The second kappa shape index (κ2) is 4.31. The molecule has 0 radical (unpaired) electrons. The SMILES string of the molecule is COc1ccc(OC)c2c1CC(N)C(O)C2. The van der Waals surface area contributed by atoms with Crippen LogP contribution in [-0.2, 0) is 12.8 Å². The molecule has 2 atom stereocenters. The van der Waals surface area contributed by atoms with E-state index in [1.54, 1.807) is 14.2 Å². The lowest BCUT2D eigenvalue weighted by Crippen LogP contribution is -2.41. The van der Waals surface area contributed by atoms with E-state index in [1.165, 1.54) is 0 Å². The Morgan fingerprint density at radius 1 is 1.12 bits per heavy atom. The van der Waals surface area contributed by atoms with E-state index < -0.39 is 6.10 Å². The number of methoxy groups -OCH3 is 2. The number of hydrogen-bond acceptors (Lipinski definition) is 4. The van der Waals surface area contributed by atoms with Gasteiger partial charge in [0.05, 0.1) is 20.3 Å². The summed E-state index contributed by atoms with van der Waals surface area (Å²) in [4.78, 5) is 0. The highest BCUT2D eigenvalue weighted by atomic mass is 16.5. The van der Waals surface area contributed by atoms with Crippen LogP contribution in [0.15, 0.2) is 12.1 Å². The molecule has 4 nitrogen and oxygen atoms in total. The minimum Gasteiger partial charge on any atom is -0.496 e. The molecule has 0 aliphatic heterocycles. The molecule has 0 heterocycles. The zero-order valence-corrected chi connectivity index (χ0v) is 9.56. The summed E-state index contributed by atoms with van der Waals surface area (Å²) in [6, 6.07) is 3.51. The molecule has 0 saturated carbocycles. The topological polar surface area (TPSA) is 64.7 Å². The van der Waals surface area contributed by atoms with E-state index in [-0.39, 0.29) is 6.04 Å². The van der Waals surface area contributed by atoms with E-state index >= 15 is 0 Å². The summed E-state index contributed by atoms with van der Waals surface area (Å²) in [6.45, 7) is 0. The van der Waals surface area contributed by atoms with Crippen LogP contribution in [0.4, 0.5) is 0 Å². The lowest BCUT2D eigenvalue weighted by Gasteiger charge is -2.29. The fraction of sp³-hybridized carbons (Fsp3) is 0.500. The second-order valence-electron chi connectivity index (χ2n) is 4.07. The first-order valence-corrected chi connectivity index (χ1v) is 5.33. The quantitative estimate of drug-likeness (QED) is 0.766. The molecule has 0 fully saturated rings. The third-order valence-electron chi connectivity index (χ3n) is 3.13. The fourth-order valence-corrected chi connectivity index (χ4v) is 2.21. The maximum absolute atomic E-state index is 9.79. The highest BCUT2D eigenvalue weighted by molar-refractivity contribution is 5.51. The number of benzene rings is 1. The van der Waals surface area contributed by atoms with Gasteiger partial charge in [0.15, 0.2) is 0 Å². The average molecular weight is 223 g/mol. The van der Waals surface area contributed by atoms with Gasteiger partial charge >= 0.3 is 0 Å². The smallest absolute Gasteiger partial charge is 0.122 e. The van der Waals surface area contributed by atoms with Crippen LogP contribution in [-0.4, -0.2) is 31.5 Å². The predicted molar refractivity (Wildman–Crippen MR) is 60.9 cm³/mol. The van der Waals surface area contributed by atoms with Crippen molar-refractivity contribution in [3.63, 3.8) is 0 Å². The van der Waals surface area contributed by atoms with Crippen molar-refractivity contribution in [2.24, 2.45) is 5.73 Å². The monoisotopic (exact) mass is 223 g/mol. The van der Waals surface area contributed by atoms with Crippen molar-refractivity contribution in [2.45, 2.75) is 25.0 Å². The molecule has 0 bridgehead atoms. The fourth-order valence-electron chi connectivity index (χ4n) is 2.21. The van der Waals surface area contributed by atoms with E-state index in [1.807, 2.05) is 12.1 Å². The van der Waals surface area contributed by atoms with Gasteiger partial charge in [0.2, 0.25) is 0 Å². The summed E-state index contributed by atoms with van der Waals surface area (Å²) in [5, 5.41) is 9.79. The Bertz CT molecular complexity index is 355. The third kappa shape index (κ3) is 1.74. The molecule has 1 aliphatic rings. The van der Waals surface area contributed by atoms with Crippen molar-refractivity contribution in [3.8, 4) is 11.5 Å². The van der Waals surface area contributed by atoms with Crippen LogP contribution in [0.5, 0.6) is 11.5 Å². The molecule has 2 rings (SSSR count). The summed E-state index contributed by atoms with van der Waals surface area (Å²) < 4.78 is 10.6. The Hall–Kier alpha value is -1.26. The van der Waals surface area contributed by atoms with Crippen LogP contribution in [0.25, 0.3) is 0 Å². The zero-order chi connectivity index (χ0) is 11.7. The molecule has 4 heteroatoms. The van der Waals surface area contributed by atoms with Crippen molar-refractivity contribution in [1.29, 1.82) is 0 Å². The molecule has 0 saturated heterocycles. The molecular weight excluding hydrogens is 206 g/mol. The van der Waals surface area contributed by atoms with Crippen molar-refractivity contribution in [2.75, 3.05) is 14.2 Å². The molecule has 0 spiro atoms. The Kier molecular flexibility index (Phi) is 3.03. The highest BCUT2D eigenvalue weighted by Gasteiger charge is 2.28. The van der Waals surface area contributed by atoms with E-state index in [0.717, 1.165) is 22.6 Å². The number of aliphatic hydroxyl groups excluding tert-OH is 1. The van der Waals surface area contributed by atoms with Crippen LogP contribution in [0, 0.1) is 0 Å². The minimum absolute atomic E-state index is 0.228. The van der Waals surface area contributed by atoms with Crippen LogP contribution < -0.4 is 15.2 Å². The van der Waals surface area contributed by atoms with Crippen molar-refractivity contribution in [3.05, 3.63) is 23.3 Å². The van der Waals surface area contributed by atoms with Gasteiger partial charge < -0.3 is 20.3 Å². The maximum atomic E-state index is 9.79. The standard InChI is InChI=1S/C12H17NO3/c1-15-11-3-4-12(16-2)8-6-10(14)9(13)5-7(8)11/h3-4,9-10,14H,5-6,13H2,1-2H3. The summed E-state index contributed by atoms with van der Waals surface area (Å²) in [5.41, 5.74) is 7.93. The Balaban J connectivity index is 2.50. The largest absolute Gasteiger partial charge is 0.496 e. The van der Waals surface area contributed by atoms with Crippen LogP contribution >= 0.6 is 0 Å². The van der Waals surface area contributed by atoms with Gasteiger partial charge in [-0.1, -0.05) is 0 Å².